The Morgan fingerprint density at radius 1 is 1.16 bits per heavy atom. The average molecular weight is 505 g/mol. The summed E-state index contributed by atoms with van der Waals surface area (Å²) >= 11 is 0. The van der Waals surface area contributed by atoms with Gasteiger partial charge in [-0.15, -0.1) is 0 Å². The molecule has 2 aliphatic rings. The van der Waals surface area contributed by atoms with Gasteiger partial charge >= 0.3 is 23.5 Å². The molecule has 0 aromatic carbocycles. The smallest absolute Gasteiger partial charge is 0.387 e. The van der Waals surface area contributed by atoms with Crippen LogP contribution < -0.4 is 5.73 Å². The van der Waals surface area contributed by atoms with Crippen LogP contribution in [0.15, 0.2) is 12.7 Å². The van der Waals surface area contributed by atoms with E-state index in [0.29, 0.717) is 0 Å². The molecular formula is C10H14N5O13P3. The molecule has 0 saturated carbocycles. The largest absolute Gasteiger partial charge is 0.495 e. The van der Waals surface area contributed by atoms with Crippen LogP contribution in [0.4, 0.5) is 5.82 Å². The summed E-state index contributed by atoms with van der Waals surface area (Å²) in [6.07, 6.45) is -6.80. The molecule has 2 aromatic heterocycles. The Kier molecular flexibility index (Phi) is 5.60. The van der Waals surface area contributed by atoms with Gasteiger partial charge in [0.1, 0.15) is 30.2 Å². The number of aliphatic hydroxyl groups excluding tert-OH is 2. The minimum absolute atomic E-state index is 0.0150. The number of hydrogen-bond acceptors (Lipinski definition) is 14. The first-order valence-electron chi connectivity index (χ1n) is 8.01. The van der Waals surface area contributed by atoms with E-state index >= 15 is 0 Å². The summed E-state index contributed by atoms with van der Waals surface area (Å²) in [5, 5.41) is 20.8. The fourth-order valence-corrected chi connectivity index (χ4v) is 6.74. The van der Waals surface area contributed by atoms with Gasteiger partial charge in [0.15, 0.2) is 17.7 Å². The molecule has 2 fully saturated rings. The lowest BCUT2D eigenvalue weighted by atomic mass is 10.1. The standard InChI is InChI=1S/C10H14N5O13P3/c11-7-3-8(13-1-12-7)15(2-14-3)9-5(17)4(16)6(24-9)10-25-30(21,22)28-31(23,26-10)27-29(18,19)20/h1-2,4-6,9-10,16-17H,(H,21,22)(H2,11,12,13)(H2,18,19,20)/t4-,5+,6-,9+,10+,31+/m0/s1. The number of imidazole rings is 1. The van der Waals surface area contributed by atoms with E-state index in [9.17, 15) is 28.8 Å². The van der Waals surface area contributed by atoms with Crippen LogP contribution in [-0.4, -0.2) is 69.0 Å². The van der Waals surface area contributed by atoms with Crippen molar-refractivity contribution in [3.8, 4) is 0 Å². The van der Waals surface area contributed by atoms with Crippen LogP contribution in [0.25, 0.3) is 11.2 Å². The third kappa shape index (κ3) is 4.44. The van der Waals surface area contributed by atoms with Crippen molar-refractivity contribution in [2.75, 3.05) is 5.73 Å². The lowest BCUT2D eigenvalue weighted by molar-refractivity contribution is -0.165. The monoisotopic (exact) mass is 505 g/mol. The maximum Gasteiger partial charge on any atom is 0.495 e. The second kappa shape index (κ2) is 7.60. The van der Waals surface area contributed by atoms with E-state index in [-0.39, 0.29) is 17.0 Å². The van der Waals surface area contributed by atoms with E-state index in [1.165, 1.54) is 0 Å². The molecule has 0 radical (unpaired) electrons. The zero-order chi connectivity index (χ0) is 22.8. The van der Waals surface area contributed by atoms with Crippen LogP contribution in [0, 0.1) is 0 Å². The van der Waals surface area contributed by atoms with Gasteiger partial charge in [0.25, 0.3) is 0 Å². The van der Waals surface area contributed by atoms with Crippen LogP contribution in [0.2, 0.25) is 0 Å². The van der Waals surface area contributed by atoms with Crippen LogP contribution in [0.5, 0.6) is 0 Å². The fourth-order valence-electron chi connectivity index (χ4n) is 2.92. The molecular weight excluding hydrogens is 491 g/mol. The summed E-state index contributed by atoms with van der Waals surface area (Å²) in [6.45, 7) is 0. The lowest BCUT2D eigenvalue weighted by Gasteiger charge is -2.33. The van der Waals surface area contributed by atoms with E-state index in [4.69, 9.17) is 20.3 Å². The van der Waals surface area contributed by atoms with Crippen molar-refractivity contribution in [3.63, 3.8) is 0 Å². The fraction of sp³-hybridized carbons (Fsp3) is 0.500. The first-order chi connectivity index (χ1) is 14.3. The zero-order valence-corrected chi connectivity index (χ0v) is 17.4. The maximum absolute atomic E-state index is 12.3. The first-order valence-corrected chi connectivity index (χ1v) is 12.5. The molecule has 1 unspecified atom stereocenters. The molecule has 0 bridgehead atoms. The highest BCUT2D eigenvalue weighted by Crippen LogP contribution is 2.73. The number of phosphoric acid groups is 3. The number of hydrogen-bond donors (Lipinski definition) is 6. The van der Waals surface area contributed by atoms with Crippen molar-refractivity contribution in [3.05, 3.63) is 12.7 Å². The normalized spacial score (nSPS) is 39.2. The number of nitrogen functional groups attached to an aromatic ring is 1. The molecule has 2 aliphatic heterocycles. The number of fused-ring (bicyclic) bond motifs is 1. The van der Waals surface area contributed by atoms with Crippen molar-refractivity contribution < 1.29 is 61.0 Å². The molecule has 2 saturated heterocycles. The van der Waals surface area contributed by atoms with Gasteiger partial charge in [0, 0.05) is 0 Å². The summed E-state index contributed by atoms with van der Waals surface area (Å²) in [7, 11) is -16.1. The Hall–Kier alpha value is -1.36. The van der Waals surface area contributed by atoms with Crippen molar-refractivity contribution >= 4 is 40.4 Å². The SMILES string of the molecule is Nc1ncnc2c1ncn2[C@@H]1O[C@H]([C@@H]2OP(=O)(O)O[P@@](=O)(OP(=O)(O)O)O2)[C@@H](O)[C@H]1O. The van der Waals surface area contributed by atoms with Gasteiger partial charge in [-0.3, -0.25) is 13.6 Å². The number of aromatic nitrogens is 4. The van der Waals surface area contributed by atoms with Crippen molar-refractivity contribution in [2.45, 2.75) is 30.8 Å². The Morgan fingerprint density at radius 2 is 1.87 bits per heavy atom. The topological polar surface area (TPSA) is 268 Å². The molecule has 172 valence electrons. The van der Waals surface area contributed by atoms with Crippen molar-refractivity contribution in [2.24, 2.45) is 0 Å². The predicted molar refractivity (Wildman–Crippen MR) is 93.3 cm³/mol. The Balaban J connectivity index is 1.64. The zero-order valence-electron chi connectivity index (χ0n) is 14.8. The minimum Gasteiger partial charge on any atom is -0.387 e. The predicted octanol–water partition coefficient (Wildman–Crippen LogP) is -1.27. The molecule has 2 aromatic rings. The average Bonchev–Trinajstić information content (AvgIpc) is 3.14. The van der Waals surface area contributed by atoms with Gasteiger partial charge in [0.05, 0.1) is 6.33 Å². The van der Waals surface area contributed by atoms with Gasteiger partial charge < -0.3 is 35.4 Å². The number of nitrogens with zero attached hydrogens (tertiary/aromatic N) is 4. The quantitative estimate of drug-likeness (QED) is 0.264. The molecule has 7 atom stereocenters. The van der Waals surface area contributed by atoms with Crippen LogP contribution >= 0.6 is 23.5 Å². The van der Waals surface area contributed by atoms with Gasteiger partial charge in [0.2, 0.25) is 6.29 Å². The summed E-state index contributed by atoms with van der Waals surface area (Å²) in [5.41, 5.74) is 5.93. The summed E-state index contributed by atoms with van der Waals surface area (Å²) in [4.78, 5) is 38.9. The highest BCUT2D eigenvalue weighted by atomic mass is 31.3. The van der Waals surface area contributed by atoms with Gasteiger partial charge in [-0.05, 0) is 0 Å². The van der Waals surface area contributed by atoms with Crippen molar-refractivity contribution in [1.82, 2.24) is 19.5 Å². The molecule has 18 nitrogen and oxygen atoms in total. The highest BCUT2D eigenvalue weighted by molar-refractivity contribution is 7.67. The number of nitrogens with two attached hydrogens (primary N) is 1. The third-order valence-electron chi connectivity index (χ3n) is 4.08. The molecule has 31 heavy (non-hydrogen) atoms. The minimum atomic E-state index is -5.52. The summed E-state index contributed by atoms with van der Waals surface area (Å²) < 4.78 is 58.9. The van der Waals surface area contributed by atoms with Crippen LogP contribution in [-0.2, 0) is 36.1 Å². The number of anilines is 1. The third-order valence-corrected chi connectivity index (χ3v) is 8.30. The van der Waals surface area contributed by atoms with Gasteiger partial charge in [-0.1, -0.05) is 0 Å². The molecule has 21 heteroatoms. The van der Waals surface area contributed by atoms with E-state index in [2.05, 4.69) is 32.6 Å². The Morgan fingerprint density at radius 3 is 2.55 bits per heavy atom. The second-order valence-electron chi connectivity index (χ2n) is 6.20. The van der Waals surface area contributed by atoms with E-state index in [1.807, 2.05) is 0 Å². The Labute approximate surface area is 171 Å². The van der Waals surface area contributed by atoms with Gasteiger partial charge in [-0.2, -0.15) is 8.62 Å². The second-order valence-corrected chi connectivity index (χ2v) is 10.7. The van der Waals surface area contributed by atoms with E-state index in [1.54, 1.807) is 0 Å². The van der Waals surface area contributed by atoms with E-state index in [0.717, 1.165) is 17.2 Å². The van der Waals surface area contributed by atoms with Crippen molar-refractivity contribution in [1.29, 1.82) is 0 Å². The van der Waals surface area contributed by atoms with Gasteiger partial charge in [-0.25, -0.2) is 28.6 Å². The van der Waals surface area contributed by atoms with Crippen LogP contribution in [0.3, 0.4) is 0 Å². The molecule has 0 spiro atoms. The summed E-state index contributed by atoms with van der Waals surface area (Å²) in [6, 6.07) is 0. The summed E-state index contributed by atoms with van der Waals surface area (Å²) in [5.74, 6) is 0.0150. The highest BCUT2D eigenvalue weighted by Gasteiger charge is 2.58. The van der Waals surface area contributed by atoms with E-state index < -0.39 is 54.3 Å². The number of rotatable bonds is 4. The Bertz CT molecular complexity index is 1150. The molecule has 4 heterocycles. The number of phosphoric ester groups is 1. The lowest BCUT2D eigenvalue weighted by Crippen LogP contribution is -2.42. The number of ether oxygens (including phenoxy) is 1. The maximum atomic E-state index is 12.3. The number of aliphatic hydroxyl groups is 2. The molecule has 0 aliphatic carbocycles. The van der Waals surface area contributed by atoms with Crippen LogP contribution in [0.1, 0.15) is 6.23 Å². The molecule has 0 amide bonds. The first kappa shape index (κ1) is 22.8. The molecule has 7 N–H and O–H groups in total. The molecule has 4 rings (SSSR count).